The van der Waals surface area contributed by atoms with Crippen LogP contribution in [0.15, 0.2) is 12.1 Å². The Morgan fingerprint density at radius 2 is 2.26 bits per heavy atom. The Labute approximate surface area is 126 Å². The number of benzene rings is 1. The summed E-state index contributed by atoms with van der Waals surface area (Å²) in [7, 11) is 0. The maximum absolute atomic E-state index is 11.4. The third-order valence-corrected chi connectivity index (χ3v) is 3.03. The minimum atomic E-state index is -0.0581. The molecule has 0 aliphatic heterocycles. The van der Waals surface area contributed by atoms with E-state index in [-0.39, 0.29) is 25.0 Å². The van der Waals surface area contributed by atoms with Crippen molar-refractivity contribution in [2.45, 2.75) is 26.3 Å². The number of carbonyl (C=O) groups excluding carboxylic acids is 1. The predicted octanol–water partition coefficient (Wildman–Crippen LogP) is 2.04. The van der Waals surface area contributed by atoms with Crippen molar-refractivity contribution in [3.05, 3.63) is 21.3 Å². The molecule has 19 heavy (non-hydrogen) atoms. The van der Waals surface area contributed by atoms with Crippen molar-refractivity contribution in [3.8, 4) is 11.8 Å². The van der Waals surface area contributed by atoms with Gasteiger partial charge in [-0.1, -0.05) is 0 Å². The SMILES string of the molecule is CC(C)NC(=O)CCOc1c(N)cc(C#N)cc1I. The van der Waals surface area contributed by atoms with E-state index >= 15 is 0 Å². The van der Waals surface area contributed by atoms with Crippen molar-refractivity contribution in [2.24, 2.45) is 0 Å². The zero-order valence-corrected chi connectivity index (χ0v) is 13.0. The number of ether oxygens (including phenoxy) is 1. The number of amides is 1. The van der Waals surface area contributed by atoms with Gasteiger partial charge in [0, 0.05) is 6.04 Å². The highest BCUT2D eigenvalue weighted by Gasteiger charge is 2.10. The highest BCUT2D eigenvalue weighted by atomic mass is 127. The molecule has 0 aliphatic rings. The number of nitrogens with two attached hydrogens (primary N) is 1. The van der Waals surface area contributed by atoms with E-state index in [1.54, 1.807) is 12.1 Å². The van der Waals surface area contributed by atoms with Gasteiger partial charge in [0.25, 0.3) is 0 Å². The van der Waals surface area contributed by atoms with Gasteiger partial charge in [0.1, 0.15) is 0 Å². The molecule has 1 aromatic rings. The second-order valence-corrected chi connectivity index (χ2v) is 5.47. The third-order valence-electron chi connectivity index (χ3n) is 2.23. The van der Waals surface area contributed by atoms with Crippen molar-refractivity contribution >= 4 is 34.2 Å². The minimum absolute atomic E-state index is 0.0581. The van der Waals surface area contributed by atoms with Crippen LogP contribution in [-0.4, -0.2) is 18.6 Å². The molecule has 1 aromatic carbocycles. The molecule has 3 N–H and O–H groups in total. The third kappa shape index (κ3) is 4.95. The highest BCUT2D eigenvalue weighted by Crippen LogP contribution is 2.29. The van der Waals surface area contributed by atoms with Crippen LogP contribution in [0.1, 0.15) is 25.8 Å². The maximum Gasteiger partial charge on any atom is 0.223 e. The normalized spacial score (nSPS) is 10.1. The van der Waals surface area contributed by atoms with Gasteiger partial charge in [-0.3, -0.25) is 4.79 Å². The Bertz CT molecular complexity index is 486. The molecule has 0 atom stereocenters. The quantitative estimate of drug-likeness (QED) is 0.611. The number of nitrogens with one attached hydrogen (secondary N) is 1. The molecule has 0 aromatic heterocycles. The van der Waals surface area contributed by atoms with Gasteiger partial charge in [0.2, 0.25) is 5.91 Å². The first kappa shape index (κ1) is 15.6. The van der Waals surface area contributed by atoms with Crippen molar-refractivity contribution in [1.29, 1.82) is 5.26 Å². The second-order valence-electron chi connectivity index (χ2n) is 4.31. The zero-order chi connectivity index (χ0) is 14.4. The first-order valence-corrected chi connectivity index (χ1v) is 6.93. The molecular formula is C13H16IN3O2. The lowest BCUT2D eigenvalue weighted by molar-refractivity contribution is -0.122. The Morgan fingerprint density at radius 3 is 2.79 bits per heavy atom. The predicted molar refractivity (Wildman–Crippen MR) is 81.7 cm³/mol. The molecule has 1 rings (SSSR count). The summed E-state index contributed by atoms with van der Waals surface area (Å²) in [4.78, 5) is 11.4. The van der Waals surface area contributed by atoms with E-state index in [0.717, 1.165) is 3.57 Å². The summed E-state index contributed by atoms with van der Waals surface area (Å²) in [6, 6.07) is 5.40. The Balaban J connectivity index is 2.59. The maximum atomic E-state index is 11.4. The molecule has 5 nitrogen and oxygen atoms in total. The van der Waals surface area contributed by atoms with E-state index in [1.807, 2.05) is 19.9 Å². The number of nitrogens with zero attached hydrogens (tertiary/aromatic N) is 1. The van der Waals surface area contributed by atoms with Gasteiger partial charge in [0.05, 0.1) is 33.9 Å². The van der Waals surface area contributed by atoms with Crippen molar-refractivity contribution in [3.63, 3.8) is 0 Å². The van der Waals surface area contributed by atoms with Crippen LogP contribution in [0.2, 0.25) is 0 Å². The molecule has 6 heteroatoms. The molecular weight excluding hydrogens is 357 g/mol. The zero-order valence-electron chi connectivity index (χ0n) is 10.9. The molecule has 0 fully saturated rings. The number of carbonyl (C=O) groups is 1. The number of anilines is 1. The van der Waals surface area contributed by atoms with Crippen LogP contribution in [0.3, 0.4) is 0 Å². The number of hydrogen-bond donors (Lipinski definition) is 2. The molecule has 0 saturated carbocycles. The summed E-state index contributed by atoms with van der Waals surface area (Å²) < 4.78 is 6.28. The van der Waals surface area contributed by atoms with Crippen molar-refractivity contribution in [1.82, 2.24) is 5.32 Å². The van der Waals surface area contributed by atoms with Crippen LogP contribution >= 0.6 is 22.6 Å². The first-order chi connectivity index (χ1) is 8.93. The van der Waals surface area contributed by atoms with E-state index < -0.39 is 0 Å². The number of rotatable bonds is 5. The van der Waals surface area contributed by atoms with E-state index in [2.05, 4.69) is 27.9 Å². The summed E-state index contributed by atoms with van der Waals surface area (Å²) in [6.45, 7) is 4.06. The summed E-state index contributed by atoms with van der Waals surface area (Å²) >= 11 is 2.06. The van der Waals surface area contributed by atoms with Gasteiger partial charge in [0.15, 0.2) is 5.75 Å². The molecule has 1 amide bonds. The summed E-state index contributed by atoms with van der Waals surface area (Å²) in [5.74, 6) is 0.467. The average Bonchev–Trinajstić information content (AvgIpc) is 2.31. The molecule has 0 unspecified atom stereocenters. The lowest BCUT2D eigenvalue weighted by atomic mass is 10.2. The van der Waals surface area contributed by atoms with Crippen LogP contribution in [-0.2, 0) is 4.79 Å². The largest absolute Gasteiger partial charge is 0.490 e. The van der Waals surface area contributed by atoms with E-state index in [9.17, 15) is 4.79 Å². The van der Waals surface area contributed by atoms with Crippen LogP contribution < -0.4 is 15.8 Å². The monoisotopic (exact) mass is 373 g/mol. The average molecular weight is 373 g/mol. The minimum Gasteiger partial charge on any atom is -0.490 e. The van der Waals surface area contributed by atoms with Gasteiger partial charge in [-0.05, 0) is 48.6 Å². The van der Waals surface area contributed by atoms with Crippen LogP contribution in [0.4, 0.5) is 5.69 Å². The second kappa shape index (κ2) is 7.19. The molecule has 0 bridgehead atoms. The van der Waals surface area contributed by atoms with Gasteiger partial charge in [-0.15, -0.1) is 0 Å². The Hall–Kier alpha value is -1.49. The lowest BCUT2D eigenvalue weighted by Crippen LogP contribution is -2.31. The fourth-order valence-electron chi connectivity index (χ4n) is 1.47. The van der Waals surface area contributed by atoms with Gasteiger partial charge in [-0.2, -0.15) is 5.26 Å². The molecule has 0 aliphatic carbocycles. The van der Waals surface area contributed by atoms with Crippen molar-refractivity contribution in [2.75, 3.05) is 12.3 Å². The van der Waals surface area contributed by atoms with Crippen LogP contribution in [0.5, 0.6) is 5.75 Å². The number of hydrogen-bond acceptors (Lipinski definition) is 4. The van der Waals surface area contributed by atoms with Gasteiger partial charge in [-0.25, -0.2) is 0 Å². The summed E-state index contributed by atoms with van der Waals surface area (Å²) in [5.41, 5.74) is 6.72. The molecule has 0 heterocycles. The van der Waals surface area contributed by atoms with E-state index in [0.29, 0.717) is 17.0 Å². The first-order valence-electron chi connectivity index (χ1n) is 5.85. The standard InChI is InChI=1S/C13H16IN3O2/c1-8(2)17-12(18)3-4-19-13-10(14)5-9(7-15)6-11(13)16/h5-6,8H,3-4,16H2,1-2H3,(H,17,18). The molecule has 0 spiro atoms. The fourth-order valence-corrected chi connectivity index (χ4v) is 2.27. The van der Waals surface area contributed by atoms with Gasteiger partial charge >= 0.3 is 0 Å². The molecule has 102 valence electrons. The van der Waals surface area contributed by atoms with Crippen molar-refractivity contribution < 1.29 is 9.53 Å². The van der Waals surface area contributed by atoms with E-state index in [4.69, 9.17) is 15.7 Å². The molecule has 0 radical (unpaired) electrons. The van der Waals surface area contributed by atoms with Gasteiger partial charge < -0.3 is 15.8 Å². The number of halogens is 1. The highest BCUT2D eigenvalue weighted by molar-refractivity contribution is 14.1. The lowest BCUT2D eigenvalue weighted by Gasteiger charge is -2.12. The summed E-state index contributed by atoms with van der Waals surface area (Å²) in [5, 5.41) is 11.6. The molecule has 0 saturated heterocycles. The summed E-state index contributed by atoms with van der Waals surface area (Å²) in [6.07, 6.45) is 0.272. The van der Waals surface area contributed by atoms with Crippen LogP contribution in [0, 0.1) is 14.9 Å². The van der Waals surface area contributed by atoms with E-state index in [1.165, 1.54) is 0 Å². The number of nitrogen functional groups attached to an aromatic ring is 1. The van der Waals surface area contributed by atoms with Crippen LogP contribution in [0.25, 0.3) is 0 Å². The Morgan fingerprint density at radius 1 is 1.58 bits per heavy atom. The smallest absolute Gasteiger partial charge is 0.223 e. The number of nitriles is 1. The Kier molecular flexibility index (Phi) is 5.89. The fraction of sp³-hybridized carbons (Fsp3) is 0.385. The topological polar surface area (TPSA) is 88.1 Å².